The zero-order chi connectivity index (χ0) is 15.0. The van der Waals surface area contributed by atoms with Gasteiger partial charge < -0.3 is 11.1 Å². The topological polar surface area (TPSA) is 68.8 Å². The first-order valence-corrected chi connectivity index (χ1v) is 6.92. The third-order valence-corrected chi connectivity index (χ3v) is 3.48. The van der Waals surface area contributed by atoms with Crippen LogP contribution in [0.1, 0.15) is 11.3 Å². The normalized spacial score (nSPS) is 10.8. The summed E-state index contributed by atoms with van der Waals surface area (Å²) in [6.07, 6.45) is 1.91. The molecule has 3 rings (SSSR count). The zero-order valence-electron chi connectivity index (χ0n) is 11.8. The zero-order valence-corrected chi connectivity index (χ0v) is 12.6. The maximum atomic E-state index is 5.84. The molecule has 2 heterocycles. The SMILES string of the molecule is Cc1nn(C)cc1Nc1cc(C(N)=S)c2ccccc2n1. The van der Waals surface area contributed by atoms with Crippen molar-refractivity contribution in [2.24, 2.45) is 12.8 Å². The summed E-state index contributed by atoms with van der Waals surface area (Å²) in [4.78, 5) is 4.96. The number of rotatable bonds is 3. The molecule has 0 unspecified atom stereocenters. The number of thiocarbonyl (C=S) groups is 1. The molecule has 0 aliphatic heterocycles. The van der Waals surface area contributed by atoms with Gasteiger partial charge in [0.15, 0.2) is 0 Å². The number of aryl methyl sites for hydroxylation is 2. The van der Waals surface area contributed by atoms with Gasteiger partial charge >= 0.3 is 0 Å². The molecule has 5 nitrogen and oxygen atoms in total. The Hall–Kier alpha value is -2.47. The van der Waals surface area contributed by atoms with E-state index in [-0.39, 0.29) is 0 Å². The van der Waals surface area contributed by atoms with Gasteiger partial charge in [-0.25, -0.2) is 4.98 Å². The standard InChI is InChI=1S/C15H15N5S/c1-9-13(8-20(2)19-9)18-14-7-11(15(16)21)10-5-3-4-6-12(10)17-14/h3-8H,1-2H3,(H2,16,21)(H,17,18). The summed E-state index contributed by atoms with van der Waals surface area (Å²) < 4.78 is 1.76. The smallest absolute Gasteiger partial charge is 0.131 e. The van der Waals surface area contributed by atoms with E-state index in [9.17, 15) is 0 Å². The van der Waals surface area contributed by atoms with Crippen LogP contribution in [0.25, 0.3) is 10.9 Å². The maximum Gasteiger partial charge on any atom is 0.131 e. The first kappa shape index (κ1) is 13.5. The summed E-state index contributed by atoms with van der Waals surface area (Å²) in [7, 11) is 1.88. The van der Waals surface area contributed by atoms with E-state index in [2.05, 4.69) is 15.4 Å². The summed E-state index contributed by atoms with van der Waals surface area (Å²) >= 11 is 5.15. The molecule has 0 radical (unpaired) electrons. The Balaban J connectivity index is 2.11. The lowest BCUT2D eigenvalue weighted by Crippen LogP contribution is -2.11. The van der Waals surface area contributed by atoms with Gasteiger partial charge in [0.25, 0.3) is 0 Å². The van der Waals surface area contributed by atoms with E-state index in [0.29, 0.717) is 10.8 Å². The fraction of sp³-hybridized carbons (Fsp3) is 0.133. The number of pyridine rings is 1. The van der Waals surface area contributed by atoms with E-state index in [1.54, 1.807) is 4.68 Å². The number of nitrogens with two attached hydrogens (primary N) is 1. The van der Waals surface area contributed by atoms with Crippen LogP contribution in [-0.4, -0.2) is 19.8 Å². The van der Waals surface area contributed by atoms with Gasteiger partial charge in [0.05, 0.1) is 16.9 Å². The first-order chi connectivity index (χ1) is 10.0. The molecule has 0 saturated heterocycles. The van der Waals surface area contributed by atoms with Crippen molar-refractivity contribution in [1.29, 1.82) is 0 Å². The lowest BCUT2D eigenvalue weighted by atomic mass is 10.1. The van der Waals surface area contributed by atoms with Crippen LogP contribution in [0.4, 0.5) is 11.5 Å². The molecule has 0 aliphatic carbocycles. The van der Waals surface area contributed by atoms with Crippen molar-refractivity contribution in [3.8, 4) is 0 Å². The first-order valence-electron chi connectivity index (χ1n) is 6.51. The number of nitrogens with zero attached hydrogens (tertiary/aromatic N) is 3. The highest BCUT2D eigenvalue weighted by Gasteiger charge is 2.10. The van der Waals surface area contributed by atoms with E-state index < -0.39 is 0 Å². The van der Waals surface area contributed by atoms with Crippen LogP contribution < -0.4 is 11.1 Å². The van der Waals surface area contributed by atoms with E-state index in [0.717, 1.165) is 27.8 Å². The Labute approximate surface area is 127 Å². The largest absolute Gasteiger partial charge is 0.389 e. The second-order valence-electron chi connectivity index (χ2n) is 4.86. The molecule has 106 valence electrons. The molecule has 21 heavy (non-hydrogen) atoms. The Morgan fingerprint density at radius 2 is 2.10 bits per heavy atom. The predicted molar refractivity (Wildman–Crippen MR) is 88.9 cm³/mol. The molecule has 0 amide bonds. The molecular weight excluding hydrogens is 282 g/mol. The predicted octanol–water partition coefficient (Wildman–Crippen LogP) is 2.65. The molecule has 0 bridgehead atoms. The lowest BCUT2D eigenvalue weighted by Gasteiger charge is -2.09. The quantitative estimate of drug-likeness (QED) is 0.727. The Bertz CT molecular complexity index is 837. The number of fused-ring (bicyclic) bond motifs is 1. The van der Waals surface area contributed by atoms with Crippen molar-refractivity contribution in [1.82, 2.24) is 14.8 Å². The third kappa shape index (κ3) is 2.57. The Morgan fingerprint density at radius 1 is 1.33 bits per heavy atom. The highest BCUT2D eigenvalue weighted by Crippen LogP contribution is 2.24. The van der Waals surface area contributed by atoms with Crippen LogP contribution in [0, 0.1) is 6.92 Å². The van der Waals surface area contributed by atoms with Gasteiger partial charge in [0, 0.05) is 24.2 Å². The second-order valence-corrected chi connectivity index (χ2v) is 5.30. The number of aromatic nitrogens is 3. The van der Waals surface area contributed by atoms with Gasteiger partial charge in [-0.3, -0.25) is 4.68 Å². The van der Waals surface area contributed by atoms with Gasteiger partial charge in [-0.1, -0.05) is 30.4 Å². The number of hydrogen-bond donors (Lipinski definition) is 2. The van der Waals surface area contributed by atoms with Crippen molar-refractivity contribution in [2.75, 3.05) is 5.32 Å². The van der Waals surface area contributed by atoms with Crippen LogP contribution in [0.3, 0.4) is 0 Å². The molecule has 0 atom stereocenters. The number of benzene rings is 1. The van der Waals surface area contributed by atoms with E-state index in [1.165, 1.54) is 0 Å². The molecule has 6 heteroatoms. The minimum Gasteiger partial charge on any atom is -0.389 e. The maximum absolute atomic E-state index is 5.84. The average Bonchev–Trinajstić information content (AvgIpc) is 2.76. The van der Waals surface area contributed by atoms with E-state index in [4.69, 9.17) is 18.0 Å². The second kappa shape index (κ2) is 5.14. The highest BCUT2D eigenvalue weighted by molar-refractivity contribution is 7.80. The Kier molecular flexibility index (Phi) is 3.31. The van der Waals surface area contributed by atoms with Crippen LogP contribution in [0.2, 0.25) is 0 Å². The Morgan fingerprint density at radius 3 is 2.76 bits per heavy atom. The number of nitrogens with one attached hydrogen (secondary N) is 1. The van der Waals surface area contributed by atoms with Gasteiger partial charge in [-0.2, -0.15) is 5.10 Å². The van der Waals surface area contributed by atoms with Crippen molar-refractivity contribution in [2.45, 2.75) is 6.92 Å². The monoisotopic (exact) mass is 297 g/mol. The number of para-hydroxylation sites is 1. The van der Waals surface area contributed by atoms with Crippen LogP contribution in [0.15, 0.2) is 36.5 Å². The number of hydrogen-bond acceptors (Lipinski definition) is 4. The summed E-state index contributed by atoms with van der Waals surface area (Å²) in [6, 6.07) is 9.67. The molecule has 0 aliphatic rings. The average molecular weight is 297 g/mol. The molecule has 0 fully saturated rings. The summed E-state index contributed by atoms with van der Waals surface area (Å²) in [5.74, 6) is 0.701. The molecule has 3 aromatic rings. The molecule has 1 aromatic carbocycles. The van der Waals surface area contributed by atoms with E-state index in [1.807, 2.05) is 50.5 Å². The minimum absolute atomic E-state index is 0.361. The molecule has 3 N–H and O–H groups in total. The van der Waals surface area contributed by atoms with Gasteiger partial charge in [0.2, 0.25) is 0 Å². The minimum atomic E-state index is 0.361. The molecule has 2 aromatic heterocycles. The third-order valence-electron chi connectivity index (χ3n) is 3.26. The highest BCUT2D eigenvalue weighted by atomic mass is 32.1. The summed E-state index contributed by atoms with van der Waals surface area (Å²) in [5.41, 5.74) is 9.33. The summed E-state index contributed by atoms with van der Waals surface area (Å²) in [5, 5.41) is 8.53. The fourth-order valence-electron chi connectivity index (χ4n) is 2.30. The lowest BCUT2D eigenvalue weighted by molar-refractivity contribution is 0.756. The molecule has 0 spiro atoms. The summed E-state index contributed by atoms with van der Waals surface area (Å²) in [6.45, 7) is 1.94. The van der Waals surface area contributed by atoms with Crippen LogP contribution in [0.5, 0.6) is 0 Å². The van der Waals surface area contributed by atoms with Crippen molar-refractivity contribution >= 4 is 39.6 Å². The molecular formula is C15H15N5S. The van der Waals surface area contributed by atoms with Crippen molar-refractivity contribution in [3.63, 3.8) is 0 Å². The molecule has 0 saturated carbocycles. The van der Waals surface area contributed by atoms with Gasteiger partial charge in [-0.15, -0.1) is 0 Å². The van der Waals surface area contributed by atoms with Crippen molar-refractivity contribution < 1.29 is 0 Å². The van der Waals surface area contributed by atoms with E-state index >= 15 is 0 Å². The van der Waals surface area contributed by atoms with Crippen LogP contribution in [-0.2, 0) is 7.05 Å². The van der Waals surface area contributed by atoms with Crippen molar-refractivity contribution in [3.05, 3.63) is 47.8 Å². The number of anilines is 2. The van der Waals surface area contributed by atoms with Gasteiger partial charge in [-0.05, 0) is 19.1 Å². The van der Waals surface area contributed by atoms with Gasteiger partial charge in [0.1, 0.15) is 10.8 Å². The fourth-order valence-corrected chi connectivity index (χ4v) is 2.47. The van der Waals surface area contributed by atoms with Crippen LogP contribution >= 0.6 is 12.2 Å².